The highest BCUT2D eigenvalue weighted by atomic mass is 16.4. The van der Waals surface area contributed by atoms with Gasteiger partial charge in [-0.2, -0.15) is 0 Å². The van der Waals surface area contributed by atoms with E-state index in [1.54, 1.807) is 0 Å². The first-order chi connectivity index (χ1) is 7.89. The van der Waals surface area contributed by atoms with Crippen LogP contribution in [0.5, 0.6) is 0 Å². The topological polar surface area (TPSA) is 43.8 Å². The molecule has 1 saturated heterocycles. The van der Waals surface area contributed by atoms with E-state index in [0.717, 1.165) is 25.9 Å². The largest absolute Gasteiger partial charge is 0.481 e. The van der Waals surface area contributed by atoms with Gasteiger partial charge in [0.1, 0.15) is 0 Å². The molecule has 0 aliphatic carbocycles. The minimum Gasteiger partial charge on any atom is -0.481 e. The Morgan fingerprint density at radius 3 is 2.29 bits per heavy atom. The van der Waals surface area contributed by atoms with Gasteiger partial charge in [0.25, 0.3) is 0 Å². The molecule has 1 atom stereocenters. The molecule has 1 fully saturated rings. The maximum absolute atomic E-state index is 11.3. The molecule has 0 aromatic rings. The summed E-state index contributed by atoms with van der Waals surface area (Å²) in [6, 6.07) is 0.656. The average Bonchev–Trinajstić information content (AvgIpc) is 2.29. The molecule has 0 aromatic heterocycles. The van der Waals surface area contributed by atoms with E-state index in [4.69, 9.17) is 0 Å². The molecule has 0 bridgehead atoms. The number of likely N-dealkylation sites (tertiary alicyclic amines) is 1. The third-order valence-corrected chi connectivity index (χ3v) is 4.16. The molecular formula is C13H26N2O2. The number of hydrogen-bond donors (Lipinski definition) is 1. The second kappa shape index (κ2) is 5.83. The van der Waals surface area contributed by atoms with Gasteiger partial charge in [0.2, 0.25) is 0 Å². The fraction of sp³-hybridized carbons (Fsp3) is 0.923. The molecule has 0 amide bonds. The predicted octanol–water partition coefficient (Wildman–Crippen LogP) is 1.51. The third kappa shape index (κ3) is 3.68. The van der Waals surface area contributed by atoms with Gasteiger partial charge >= 0.3 is 5.97 Å². The second-order valence-electron chi connectivity index (χ2n) is 5.69. The van der Waals surface area contributed by atoms with Crippen LogP contribution >= 0.6 is 0 Å². The van der Waals surface area contributed by atoms with Crippen LogP contribution in [0.2, 0.25) is 0 Å². The maximum atomic E-state index is 11.3. The summed E-state index contributed by atoms with van der Waals surface area (Å²) in [5.41, 5.74) is -0.592. The van der Waals surface area contributed by atoms with Gasteiger partial charge in [-0.05, 0) is 53.4 Å². The van der Waals surface area contributed by atoms with Gasteiger partial charge in [-0.3, -0.25) is 4.79 Å². The van der Waals surface area contributed by atoms with Crippen LogP contribution in [0.4, 0.5) is 0 Å². The van der Waals surface area contributed by atoms with Crippen molar-refractivity contribution < 1.29 is 9.90 Å². The fourth-order valence-corrected chi connectivity index (χ4v) is 2.42. The summed E-state index contributed by atoms with van der Waals surface area (Å²) in [4.78, 5) is 15.8. The number of nitrogens with zero attached hydrogens (tertiary/aromatic N) is 2. The predicted molar refractivity (Wildman–Crippen MR) is 69.2 cm³/mol. The number of carboxylic acid groups (broad SMARTS) is 1. The maximum Gasteiger partial charge on any atom is 0.310 e. The lowest BCUT2D eigenvalue weighted by Gasteiger charge is -2.38. The minimum absolute atomic E-state index is 0.592. The van der Waals surface area contributed by atoms with Crippen molar-refractivity contribution in [2.24, 2.45) is 5.41 Å². The highest BCUT2D eigenvalue weighted by Crippen LogP contribution is 2.25. The lowest BCUT2D eigenvalue weighted by Crippen LogP contribution is -2.47. The number of hydrogen-bond acceptors (Lipinski definition) is 3. The van der Waals surface area contributed by atoms with Crippen molar-refractivity contribution in [3.05, 3.63) is 0 Å². The first kappa shape index (κ1) is 14.5. The van der Waals surface area contributed by atoms with E-state index in [1.165, 1.54) is 0 Å². The lowest BCUT2D eigenvalue weighted by molar-refractivity contribution is -0.149. The molecule has 1 aliphatic heterocycles. The lowest BCUT2D eigenvalue weighted by atomic mass is 9.86. The van der Waals surface area contributed by atoms with Crippen molar-refractivity contribution in [3.8, 4) is 0 Å². The molecule has 0 radical (unpaired) electrons. The highest BCUT2D eigenvalue weighted by Gasteiger charge is 2.34. The normalized spacial score (nSPS) is 22.6. The summed E-state index contributed by atoms with van der Waals surface area (Å²) >= 11 is 0. The molecule has 4 nitrogen and oxygen atoms in total. The van der Waals surface area contributed by atoms with Crippen LogP contribution < -0.4 is 0 Å². The molecule has 100 valence electrons. The van der Waals surface area contributed by atoms with E-state index < -0.39 is 11.4 Å². The third-order valence-electron chi connectivity index (χ3n) is 4.16. The molecular weight excluding hydrogens is 216 g/mol. The Morgan fingerprint density at radius 1 is 1.41 bits per heavy atom. The van der Waals surface area contributed by atoms with Crippen LogP contribution in [0, 0.1) is 5.41 Å². The fourth-order valence-electron chi connectivity index (χ4n) is 2.42. The Kier molecular flexibility index (Phi) is 4.95. The van der Waals surface area contributed by atoms with Crippen LogP contribution in [0.15, 0.2) is 0 Å². The number of carboxylic acids is 1. The van der Waals surface area contributed by atoms with Gasteiger partial charge in [0.05, 0.1) is 5.41 Å². The second-order valence-corrected chi connectivity index (χ2v) is 5.69. The Balaban J connectivity index is 2.47. The van der Waals surface area contributed by atoms with E-state index in [1.807, 2.05) is 13.8 Å². The average molecular weight is 242 g/mol. The first-order valence-corrected chi connectivity index (χ1v) is 6.51. The summed E-state index contributed by atoms with van der Waals surface area (Å²) in [6.45, 7) is 6.53. The SMILES string of the molecule is CCC(C)(CN1CCC(N(C)C)CC1)C(=O)O. The summed E-state index contributed by atoms with van der Waals surface area (Å²) in [5.74, 6) is -0.672. The number of piperidine rings is 1. The Hall–Kier alpha value is -0.610. The van der Waals surface area contributed by atoms with E-state index in [2.05, 4.69) is 23.9 Å². The van der Waals surface area contributed by atoms with Crippen LogP contribution in [-0.2, 0) is 4.79 Å². The van der Waals surface area contributed by atoms with Gasteiger partial charge < -0.3 is 14.9 Å². The quantitative estimate of drug-likeness (QED) is 0.794. The Labute approximate surface area is 105 Å². The van der Waals surface area contributed by atoms with E-state index in [-0.39, 0.29) is 0 Å². The van der Waals surface area contributed by atoms with Crippen LogP contribution in [0.3, 0.4) is 0 Å². The smallest absolute Gasteiger partial charge is 0.310 e. The Bertz CT molecular complexity index is 260. The summed E-state index contributed by atoms with van der Waals surface area (Å²) < 4.78 is 0. The van der Waals surface area contributed by atoms with Gasteiger partial charge in [0, 0.05) is 12.6 Å². The molecule has 1 N–H and O–H groups in total. The standard InChI is InChI=1S/C13H26N2O2/c1-5-13(2,12(16)17)10-15-8-6-11(7-9-15)14(3)4/h11H,5-10H2,1-4H3,(H,16,17). The molecule has 4 heteroatoms. The molecule has 1 aliphatic rings. The monoisotopic (exact) mass is 242 g/mol. The van der Waals surface area contributed by atoms with Gasteiger partial charge in [-0.25, -0.2) is 0 Å². The van der Waals surface area contributed by atoms with Crippen molar-refractivity contribution >= 4 is 5.97 Å². The zero-order chi connectivity index (χ0) is 13.1. The van der Waals surface area contributed by atoms with Crippen LogP contribution in [-0.4, -0.2) is 60.6 Å². The zero-order valence-electron chi connectivity index (χ0n) is 11.6. The van der Waals surface area contributed by atoms with Crippen molar-refractivity contribution in [2.45, 2.75) is 39.2 Å². The molecule has 1 heterocycles. The van der Waals surface area contributed by atoms with E-state index in [9.17, 15) is 9.90 Å². The summed E-state index contributed by atoms with van der Waals surface area (Å²) in [6.07, 6.45) is 2.98. The molecule has 1 rings (SSSR count). The zero-order valence-corrected chi connectivity index (χ0v) is 11.6. The van der Waals surface area contributed by atoms with E-state index in [0.29, 0.717) is 19.0 Å². The molecule has 17 heavy (non-hydrogen) atoms. The van der Waals surface area contributed by atoms with Crippen molar-refractivity contribution in [1.82, 2.24) is 9.80 Å². The first-order valence-electron chi connectivity index (χ1n) is 6.51. The summed E-state index contributed by atoms with van der Waals surface area (Å²) in [7, 11) is 4.24. The molecule has 1 unspecified atom stereocenters. The van der Waals surface area contributed by atoms with Crippen molar-refractivity contribution in [3.63, 3.8) is 0 Å². The minimum atomic E-state index is -0.672. The number of aliphatic carboxylic acids is 1. The van der Waals surface area contributed by atoms with Gasteiger partial charge in [0.15, 0.2) is 0 Å². The highest BCUT2D eigenvalue weighted by molar-refractivity contribution is 5.74. The molecule has 0 saturated carbocycles. The summed E-state index contributed by atoms with van der Waals surface area (Å²) in [5, 5.41) is 9.27. The van der Waals surface area contributed by atoms with Gasteiger partial charge in [-0.1, -0.05) is 6.92 Å². The van der Waals surface area contributed by atoms with Gasteiger partial charge in [-0.15, -0.1) is 0 Å². The van der Waals surface area contributed by atoms with E-state index >= 15 is 0 Å². The Morgan fingerprint density at radius 2 is 1.94 bits per heavy atom. The molecule has 0 spiro atoms. The number of carbonyl (C=O) groups is 1. The van der Waals surface area contributed by atoms with Crippen molar-refractivity contribution in [2.75, 3.05) is 33.7 Å². The number of rotatable bonds is 5. The van der Waals surface area contributed by atoms with Crippen molar-refractivity contribution in [1.29, 1.82) is 0 Å². The van der Waals surface area contributed by atoms with Crippen LogP contribution in [0.1, 0.15) is 33.1 Å². The van der Waals surface area contributed by atoms with Crippen LogP contribution in [0.25, 0.3) is 0 Å². The molecule has 0 aromatic carbocycles.